The first kappa shape index (κ1) is 17.5. The molecule has 0 bridgehead atoms. The number of halogens is 1. The Morgan fingerprint density at radius 3 is 2.67 bits per heavy atom. The molecule has 2 atom stereocenters. The molecular formula is C14H27ClN2O. The highest BCUT2D eigenvalue weighted by atomic mass is 35.5. The number of unbranched alkanes of at least 4 members (excludes halogenated alkanes) is 3. The lowest BCUT2D eigenvalue weighted by Gasteiger charge is -2.21. The van der Waals surface area contributed by atoms with E-state index in [1.807, 2.05) is 18.0 Å². The number of carbonyl (C=O) groups is 1. The van der Waals surface area contributed by atoms with Crippen LogP contribution in [0.4, 0.5) is 0 Å². The number of carbonyl (C=O) groups excluding carboxylic acids is 1. The minimum Gasteiger partial charge on any atom is -0.346 e. The topological polar surface area (TPSA) is 46.3 Å². The molecule has 18 heavy (non-hydrogen) atoms. The van der Waals surface area contributed by atoms with Crippen LogP contribution >= 0.6 is 12.4 Å². The fraction of sp³-hybridized carbons (Fsp3) is 0.786. The number of amides is 1. The number of allylic oxidation sites excluding steroid dienone is 1. The van der Waals surface area contributed by atoms with Crippen LogP contribution in [0.5, 0.6) is 0 Å². The van der Waals surface area contributed by atoms with Gasteiger partial charge in [0.25, 0.3) is 0 Å². The third kappa shape index (κ3) is 5.87. The van der Waals surface area contributed by atoms with Crippen LogP contribution in [-0.4, -0.2) is 30.4 Å². The summed E-state index contributed by atoms with van der Waals surface area (Å²) in [5.74, 6) is 0.477. The van der Waals surface area contributed by atoms with Gasteiger partial charge in [-0.25, -0.2) is 0 Å². The Labute approximate surface area is 117 Å². The van der Waals surface area contributed by atoms with Crippen molar-refractivity contribution in [1.82, 2.24) is 4.90 Å². The van der Waals surface area contributed by atoms with Gasteiger partial charge in [-0.3, -0.25) is 4.79 Å². The maximum absolute atomic E-state index is 12.1. The van der Waals surface area contributed by atoms with Crippen molar-refractivity contribution >= 4 is 18.3 Å². The highest BCUT2D eigenvalue weighted by molar-refractivity contribution is 5.85. The zero-order chi connectivity index (χ0) is 12.7. The highest BCUT2D eigenvalue weighted by Gasteiger charge is 2.29. The van der Waals surface area contributed by atoms with Crippen molar-refractivity contribution in [3.05, 3.63) is 12.7 Å². The number of nitrogens with zero attached hydrogens (tertiary/aromatic N) is 1. The molecule has 0 aromatic heterocycles. The van der Waals surface area contributed by atoms with Crippen molar-refractivity contribution in [2.45, 2.75) is 51.0 Å². The van der Waals surface area contributed by atoms with Gasteiger partial charge in [0.05, 0.1) is 0 Å². The van der Waals surface area contributed by atoms with Gasteiger partial charge in [0.15, 0.2) is 0 Å². The van der Waals surface area contributed by atoms with Gasteiger partial charge in [0, 0.05) is 25.6 Å². The van der Waals surface area contributed by atoms with E-state index in [0.717, 1.165) is 38.6 Å². The first-order chi connectivity index (χ1) is 8.15. The average Bonchev–Trinajstić information content (AvgIpc) is 2.74. The third-order valence-corrected chi connectivity index (χ3v) is 3.60. The summed E-state index contributed by atoms with van der Waals surface area (Å²) < 4.78 is 0. The van der Waals surface area contributed by atoms with Crippen LogP contribution in [0.25, 0.3) is 0 Å². The molecule has 2 N–H and O–H groups in total. The van der Waals surface area contributed by atoms with Crippen LogP contribution in [-0.2, 0) is 4.79 Å². The van der Waals surface area contributed by atoms with Crippen LogP contribution < -0.4 is 5.73 Å². The summed E-state index contributed by atoms with van der Waals surface area (Å²) in [4.78, 5) is 14.0. The molecule has 0 aromatic rings. The summed E-state index contributed by atoms with van der Waals surface area (Å²) in [5, 5.41) is 0. The summed E-state index contributed by atoms with van der Waals surface area (Å²) in [5.41, 5.74) is 5.84. The maximum Gasteiger partial charge on any atom is 0.225 e. The molecule has 0 spiro atoms. The van der Waals surface area contributed by atoms with Crippen LogP contribution in [0.2, 0.25) is 0 Å². The molecule has 1 aliphatic carbocycles. The fourth-order valence-electron chi connectivity index (χ4n) is 2.48. The van der Waals surface area contributed by atoms with Crippen molar-refractivity contribution < 1.29 is 4.79 Å². The minimum absolute atomic E-state index is 0. The molecular weight excluding hydrogens is 248 g/mol. The predicted molar refractivity (Wildman–Crippen MR) is 78.9 cm³/mol. The molecule has 0 saturated heterocycles. The Bertz CT molecular complexity index is 258. The molecule has 4 heteroatoms. The van der Waals surface area contributed by atoms with Gasteiger partial charge in [-0.2, -0.15) is 0 Å². The lowest BCUT2D eigenvalue weighted by atomic mass is 10.1. The second kappa shape index (κ2) is 9.40. The molecule has 1 amide bonds. The molecule has 1 rings (SSSR count). The molecule has 0 heterocycles. The lowest BCUT2D eigenvalue weighted by molar-refractivity contribution is -0.134. The Kier molecular flexibility index (Phi) is 9.12. The predicted octanol–water partition coefficient (Wildman–Crippen LogP) is 2.74. The Hall–Kier alpha value is -0.540. The summed E-state index contributed by atoms with van der Waals surface area (Å²) >= 11 is 0. The second-order valence-corrected chi connectivity index (χ2v) is 5.17. The van der Waals surface area contributed by atoms with Gasteiger partial charge in [-0.15, -0.1) is 19.0 Å². The summed E-state index contributed by atoms with van der Waals surface area (Å²) in [7, 11) is 1.92. The van der Waals surface area contributed by atoms with Crippen molar-refractivity contribution in [2.75, 3.05) is 13.6 Å². The average molecular weight is 275 g/mol. The van der Waals surface area contributed by atoms with Crippen LogP contribution in [0.1, 0.15) is 44.9 Å². The highest BCUT2D eigenvalue weighted by Crippen LogP contribution is 2.25. The van der Waals surface area contributed by atoms with E-state index in [0.29, 0.717) is 5.91 Å². The molecule has 0 aromatic carbocycles. The van der Waals surface area contributed by atoms with Crippen molar-refractivity contribution in [2.24, 2.45) is 11.7 Å². The van der Waals surface area contributed by atoms with Gasteiger partial charge in [-0.05, 0) is 38.5 Å². The normalized spacial score (nSPS) is 22.3. The Morgan fingerprint density at radius 1 is 1.39 bits per heavy atom. The summed E-state index contributed by atoms with van der Waals surface area (Å²) in [6.07, 6.45) is 9.33. The van der Waals surface area contributed by atoms with Crippen LogP contribution in [0.3, 0.4) is 0 Å². The molecule has 1 saturated carbocycles. The van der Waals surface area contributed by atoms with Crippen LogP contribution in [0.15, 0.2) is 12.7 Å². The van der Waals surface area contributed by atoms with Gasteiger partial charge >= 0.3 is 0 Å². The van der Waals surface area contributed by atoms with E-state index in [1.165, 1.54) is 12.8 Å². The monoisotopic (exact) mass is 274 g/mol. The van der Waals surface area contributed by atoms with Crippen molar-refractivity contribution in [1.29, 1.82) is 0 Å². The summed E-state index contributed by atoms with van der Waals surface area (Å²) in [6.45, 7) is 4.58. The first-order valence-electron chi connectivity index (χ1n) is 6.76. The Morgan fingerprint density at radius 2 is 2.11 bits per heavy atom. The SMILES string of the molecule is C=CCCCCCN(C)C(=O)C1CCC(N)C1.Cl. The third-order valence-electron chi connectivity index (χ3n) is 3.60. The maximum atomic E-state index is 12.1. The zero-order valence-corrected chi connectivity index (χ0v) is 12.3. The van der Waals surface area contributed by atoms with E-state index in [4.69, 9.17) is 5.73 Å². The number of rotatable bonds is 7. The number of hydrogen-bond donors (Lipinski definition) is 1. The van der Waals surface area contributed by atoms with E-state index in [9.17, 15) is 4.79 Å². The van der Waals surface area contributed by atoms with E-state index < -0.39 is 0 Å². The standard InChI is InChI=1S/C14H26N2O.ClH/c1-3-4-5-6-7-10-16(2)14(17)12-8-9-13(15)11-12;/h3,12-13H,1,4-11,15H2,2H3;1H. The molecule has 106 valence electrons. The molecule has 0 radical (unpaired) electrons. The van der Waals surface area contributed by atoms with Crippen molar-refractivity contribution in [3.63, 3.8) is 0 Å². The van der Waals surface area contributed by atoms with E-state index in [2.05, 4.69) is 6.58 Å². The minimum atomic E-state index is 0. The van der Waals surface area contributed by atoms with Gasteiger partial charge in [-0.1, -0.05) is 12.5 Å². The fourth-order valence-corrected chi connectivity index (χ4v) is 2.48. The van der Waals surface area contributed by atoms with Gasteiger partial charge in [0.2, 0.25) is 5.91 Å². The molecule has 1 aliphatic rings. The second-order valence-electron chi connectivity index (χ2n) is 5.17. The van der Waals surface area contributed by atoms with Gasteiger partial charge < -0.3 is 10.6 Å². The van der Waals surface area contributed by atoms with Crippen LogP contribution in [0, 0.1) is 5.92 Å². The van der Waals surface area contributed by atoms with E-state index >= 15 is 0 Å². The quantitative estimate of drug-likeness (QED) is 0.573. The van der Waals surface area contributed by atoms with E-state index in [1.54, 1.807) is 0 Å². The molecule has 0 aliphatic heterocycles. The largest absolute Gasteiger partial charge is 0.346 e. The summed E-state index contributed by atoms with van der Waals surface area (Å²) in [6, 6.07) is 0.241. The lowest BCUT2D eigenvalue weighted by Crippen LogP contribution is -2.33. The zero-order valence-electron chi connectivity index (χ0n) is 11.4. The smallest absolute Gasteiger partial charge is 0.225 e. The molecule has 3 nitrogen and oxygen atoms in total. The number of nitrogens with two attached hydrogens (primary N) is 1. The molecule has 1 fully saturated rings. The van der Waals surface area contributed by atoms with Gasteiger partial charge in [0.1, 0.15) is 0 Å². The molecule has 2 unspecified atom stereocenters. The first-order valence-corrected chi connectivity index (χ1v) is 6.76. The Balaban J connectivity index is 0.00000289. The van der Waals surface area contributed by atoms with E-state index in [-0.39, 0.29) is 24.4 Å². The number of hydrogen-bond acceptors (Lipinski definition) is 2. The van der Waals surface area contributed by atoms with Crippen molar-refractivity contribution in [3.8, 4) is 0 Å².